The Morgan fingerprint density at radius 3 is 2.53 bits per heavy atom. The maximum absolute atomic E-state index is 12.1. The lowest BCUT2D eigenvalue weighted by atomic mass is 10.1. The van der Waals surface area contributed by atoms with Crippen LogP contribution in [-0.2, 0) is 0 Å². The Bertz CT molecular complexity index is 379. The van der Waals surface area contributed by atoms with E-state index in [0.717, 1.165) is 5.69 Å². The lowest BCUT2D eigenvalue weighted by Crippen LogP contribution is -2.42. The van der Waals surface area contributed by atoms with E-state index >= 15 is 0 Å². The summed E-state index contributed by atoms with van der Waals surface area (Å²) in [5.41, 5.74) is 0.554. The average molecular weight is 236 g/mol. The lowest BCUT2D eigenvalue weighted by Gasteiger charge is -2.28. The van der Waals surface area contributed by atoms with Gasteiger partial charge in [-0.2, -0.15) is 0 Å². The van der Waals surface area contributed by atoms with E-state index in [1.807, 2.05) is 19.9 Å². The summed E-state index contributed by atoms with van der Waals surface area (Å²) < 4.78 is 0. The number of amides is 1. The Balaban J connectivity index is 2.83. The third-order valence-corrected chi connectivity index (χ3v) is 2.41. The van der Waals surface area contributed by atoms with Gasteiger partial charge in [-0.15, -0.1) is 0 Å². The molecule has 0 radical (unpaired) electrons. The van der Waals surface area contributed by atoms with Gasteiger partial charge in [-0.05, 0) is 39.8 Å². The van der Waals surface area contributed by atoms with E-state index in [2.05, 4.69) is 4.98 Å². The minimum absolute atomic E-state index is 0.0953. The lowest BCUT2D eigenvalue weighted by molar-refractivity contribution is 0.0314. The van der Waals surface area contributed by atoms with E-state index < -0.39 is 5.60 Å². The van der Waals surface area contributed by atoms with Gasteiger partial charge in [-0.3, -0.25) is 9.78 Å². The van der Waals surface area contributed by atoms with Gasteiger partial charge in [0.05, 0.1) is 11.2 Å². The average Bonchev–Trinajstić information content (AvgIpc) is 2.25. The Labute approximate surface area is 102 Å². The third-order valence-electron chi connectivity index (χ3n) is 2.41. The van der Waals surface area contributed by atoms with E-state index in [-0.39, 0.29) is 5.91 Å². The van der Waals surface area contributed by atoms with Crippen LogP contribution < -0.4 is 0 Å². The van der Waals surface area contributed by atoms with Crippen molar-refractivity contribution in [1.29, 1.82) is 0 Å². The van der Waals surface area contributed by atoms with Crippen molar-refractivity contribution in [3.8, 4) is 0 Å². The number of rotatable bonds is 4. The van der Waals surface area contributed by atoms with Gasteiger partial charge in [-0.25, -0.2) is 0 Å². The minimum Gasteiger partial charge on any atom is -0.389 e. The second-order valence-corrected chi connectivity index (χ2v) is 4.82. The highest BCUT2D eigenvalue weighted by atomic mass is 16.3. The van der Waals surface area contributed by atoms with Crippen molar-refractivity contribution in [3.05, 3.63) is 29.6 Å². The van der Waals surface area contributed by atoms with Gasteiger partial charge in [0.2, 0.25) is 0 Å². The van der Waals surface area contributed by atoms with Crippen LogP contribution in [0, 0.1) is 6.92 Å². The first kappa shape index (κ1) is 13.6. The Kier molecular flexibility index (Phi) is 4.23. The topological polar surface area (TPSA) is 53.4 Å². The molecule has 1 heterocycles. The number of aliphatic hydroxyl groups is 1. The molecule has 1 amide bonds. The summed E-state index contributed by atoms with van der Waals surface area (Å²) in [7, 11) is 0. The molecule has 0 unspecified atom stereocenters. The van der Waals surface area contributed by atoms with E-state index in [4.69, 9.17) is 0 Å². The zero-order valence-corrected chi connectivity index (χ0v) is 10.9. The van der Waals surface area contributed by atoms with Gasteiger partial charge < -0.3 is 10.0 Å². The second-order valence-electron chi connectivity index (χ2n) is 4.82. The van der Waals surface area contributed by atoms with E-state index in [9.17, 15) is 9.90 Å². The molecular weight excluding hydrogens is 216 g/mol. The Morgan fingerprint density at radius 1 is 1.47 bits per heavy atom. The number of carbonyl (C=O) groups excluding carboxylic acids is 1. The third kappa shape index (κ3) is 4.15. The molecule has 0 spiro atoms. The maximum atomic E-state index is 12.1. The van der Waals surface area contributed by atoms with Crippen LogP contribution in [0.2, 0.25) is 0 Å². The van der Waals surface area contributed by atoms with Crippen LogP contribution in [0.5, 0.6) is 0 Å². The molecule has 94 valence electrons. The molecule has 4 nitrogen and oxygen atoms in total. The van der Waals surface area contributed by atoms with E-state index in [0.29, 0.717) is 18.7 Å². The van der Waals surface area contributed by atoms with Gasteiger partial charge >= 0.3 is 0 Å². The zero-order chi connectivity index (χ0) is 13.1. The molecule has 1 N–H and O–H groups in total. The highest BCUT2D eigenvalue weighted by Crippen LogP contribution is 2.09. The first-order chi connectivity index (χ1) is 7.83. The molecule has 4 heteroatoms. The predicted molar refractivity (Wildman–Crippen MR) is 66.8 cm³/mol. The summed E-state index contributed by atoms with van der Waals surface area (Å²) in [6, 6.07) is 3.57. The first-order valence-electron chi connectivity index (χ1n) is 5.78. The maximum Gasteiger partial charge on any atom is 0.255 e. The smallest absolute Gasteiger partial charge is 0.255 e. The second kappa shape index (κ2) is 5.27. The Morgan fingerprint density at radius 2 is 2.12 bits per heavy atom. The normalized spacial score (nSPS) is 11.4. The molecule has 17 heavy (non-hydrogen) atoms. The number of pyridine rings is 1. The van der Waals surface area contributed by atoms with Crippen molar-refractivity contribution in [2.45, 2.75) is 33.3 Å². The number of nitrogens with zero attached hydrogens (tertiary/aromatic N) is 2. The van der Waals surface area contributed by atoms with Crippen LogP contribution in [0.25, 0.3) is 0 Å². The molecule has 0 saturated heterocycles. The number of hydrogen-bond acceptors (Lipinski definition) is 3. The fourth-order valence-corrected chi connectivity index (χ4v) is 1.57. The van der Waals surface area contributed by atoms with Crippen LogP contribution in [0.4, 0.5) is 0 Å². The summed E-state index contributed by atoms with van der Waals surface area (Å²) in [6.07, 6.45) is 1.57. The number of hydrogen-bond donors (Lipinski definition) is 1. The standard InChI is InChI=1S/C13H20N2O2/c1-5-15(9-13(3,4)17)12(16)11-7-6-10(2)14-8-11/h6-8,17H,5,9H2,1-4H3. The largest absolute Gasteiger partial charge is 0.389 e. The SMILES string of the molecule is CCN(CC(C)(C)O)C(=O)c1ccc(C)nc1. The van der Waals surface area contributed by atoms with Crippen molar-refractivity contribution in [3.63, 3.8) is 0 Å². The molecule has 0 aliphatic rings. The van der Waals surface area contributed by atoms with Gasteiger partial charge in [0, 0.05) is 25.0 Å². The molecule has 1 aromatic rings. The molecule has 0 saturated carbocycles. The molecular formula is C13H20N2O2. The Hall–Kier alpha value is -1.42. The monoisotopic (exact) mass is 236 g/mol. The van der Waals surface area contributed by atoms with Crippen molar-refractivity contribution in [2.24, 2.45) is 0 Å². The highest BCUT2D eigenvalue weighted by molar-refractivity contribution is 5.93. The van der Waals surface area contributed by atoms with Crippen LogP contribution >= 0.6 is 0 Å². The zero-order valence-electron chi connectivity index (χ0n) is 10.9. The minimum atomic E-state index is -0.885. The van der Waals surface area contributed by atoms with Gasteiger partial charge in [0.25, 0.3) is 5.91 Å². The van der Waals surface area contributed by atoms with Crippen molar-refractivity contribution in [2.75, 3.05) is 13.1 Å². The van der Waals surface area contributed by atoms with E-state index in [1.54, 1.807) is 31.0 Å². The van der Waals surface area contributed by atoms with Crippen molar-refractivity contribution < 1.29 is 9.90 Å². The van der Waals surface area contributed by atoms with Gasteiger partial charge in [0.1, 0.15) is 0 Å². The van der Waals surface area contributed by atoms with Crippen LogP contribution in [0.1, 0.15) is 36.8 Å². The summed E-state index contributed by atoms with van der Waals surface area (Å²) >= 11 is 0. The fraction of sp³-hybridized carbons (Fsp3) is 0.538. The predicted octanol–water partition coefficient (Wildman–Crippen LogP) is 1.62. The molecule has 0 aliphatic heterocycles. The first-order valence-corrected chi connectivity index (χ1v) is 5.78. The molecule has 0 fully saturated rings. The summed E-state index contributed by atoms with van der Waals surface area (Å²) in [6.45, 7) is 8.04. The number of likely N-dealkylation sites (N-methyl/N-ethyl adjacent to an activating group) is 1. The summed E-state index contributed by atoms with van der Waals surface area (Å²) in [5.74, 6) is -0.0953. The van der Waals surface area contributed by atoms with Gasteiger partial charge in [0.15, 0.2) is 0 Å². The van der Waals surface area contributed by atoms with Crippen LogP contribution in [0.3, 0.4) is 0 Å². The number of aryl methyl sites for hydroxylation is 1. The van der Waals surface area contributed by atoms with Gasteiger partial charge in [-0.1, -0.05) is 0 Å². The molecule has 0 atom stereocenters. The highest BCUT2D eigenvalue weighted by Gasteiger charge is 2.22. The molecule has 0 bridgehead atoms. The summed E-state index contributed by atoms with van der Waals surface area (Å²) in [4.78, 5) is 17.9. The number of carbonyl (C=O) groups is 1. The van der Waals surface area contributed by atoms with E-state index in [1.165, 1.54) is 0 Å². The quantitative estimate of drug-likeness (QED) is 0.864. The number of aromatic nitrogens is 1. The van der Waals surface area contributed by atoms with Crippen LogP contribution in [0.15, 0.2) is 18.3 Å². The summed E-state index contributed by atoms with van der Waals surface area (Å²) in [5, 5.41) is 9.75. The van der Waals surface area contributed by atoms with Crippen molar-refractivity contribution in [1.82, 2.24) is 9.88 Å². The molecule has 1 aromatic heterocycles. The van der Waals surface area contributed by atoms with Crippen LogP contribution in [-0.4, -0.2) is 39.6 Å². The molecule has 1 rings (SSSR count). The molecule has 0 aliphatic carbocycles. The fourth-order valence-electron chi connectivity index (χ4n) is 1.57. The van der Waals surface area contributed by atoms with Crippen molar-refractivity contribution >= 4 is 5.91 Å². The molecule has 0 aromatic carbocycles.